The van der Waals surface area contributed by atoms with Gasteiger partial charge in [-0.05, 0) is 38.1 Å². The summed E-state index contributed by atoms with van der Waals surface area (Å²) in [5, 5.41) is 5.87. The number of hydrogen-bond donors (Lipinski definition) is 1. The second-order valence-electron chi connectivity index (χ2n) is 6.64. The average molecular weight is 397 g/mol. The third-order valence-corrected chi connectivity index (χ3v) is 5.44. The van der Waals surface area contributed by atoms with Crippen LogP contribution in [-0.4, -0.2) is 30.0 Å². The minimum absolute atomic E-state index is 0.00601. The molecule has 3 rings (SSSR count). The van der Waals surface area contributed by atoms with Crippen molar-refractivity contribution in [2.45, 2.75) is 26.5 Å². The molecule has 1 unspecified atom stereocenters. The van der Waals surface area contributed by atoms with Crippen LogP contribution >= 0.6 is 11.3 Å². The Morgan fingerprint density at radius 2 is 2.00 bits per heavy atom. The Bertz CT molecular complexity index is 922. The van der Waals surface area contributed by atoms with Crippen LogP contribution in [0.25, 0.3) is 0 Å². The Kier molecular flexibility index (Phi) is 6.38. The van der Waals surface area contributed by atoms with Gasteiger partial charge in [0.05, 0.1) is 17.8 Å². The van der Waals surface area contributed by atoms with Gasteiger partial charge in [-0.2, -0.15) is 0 Å². The number of nitrogens with one attached hydrogen (secondary N) is 1. The summed E-state index contributed by atoms with van der Waals surface area (Å²) in [6, 6.07) is 11.3. The number of rotatable bonds is 7. The van der Waals surface area contributed by atoms with E-state index in [0.29, 0.717) is 12.1 Å². The summed E-state index contributed by atoms with van der Waals surface area (Å²) < 4.78 is 5.31. The third kappa shape index (κ3) is 4.94. The van der Waals surface area contributed by atoms with E-state index in [1.165, 1.54) is 0 Å². The monoisotopic (exact) mass is 396 g/mol. The normalized spacial score (nSPS) is 11.9. The number of nitrogens with zero attached hydrogens (tertiary/aromatic N) is 3. The molecule has 3 aromatic rings. The summed E-state index contributed by atoms with van der Waals surface area (Å²) in [5.74, 6) is 0.601. The fraction of sp³-hybridized carbons (Fsp3) is 0.286. The van der Waals surface area contributed by atoms with Crippen molar-refractivity contribution in [3.63, 3.8) is 0 Å². The van der Waals surface area contributed by atoms with Gasteiger partial charge < -0.3 is 15.0 Å². The Balaban J connectivity index is 1.62. The number of anilines is 2. The molecule has 1 amide bonds. The molecule has 0 spiro atoms. The van der Waals surface area contributed by atoms with Gasteiger partial charge in [0.15, 0.2) is 0 Å². The van der Waals surface area contributed by atoms with Gasteiger partial charge >= 0.3 is 0 Å². The molecule has 0 saturated heterocycles. The number of ether oxygens (including phenoxy) is 1. The smallest absolute Gasteiger partial charge is 0.257 e. The topological polar surface area (TPSA) is 67.3 Å². The van der Waals surface area contributed by atoms with Crippen molar-refractivity contribution in [2.75, 3.05) is 24.4 Å². The second kappa shape index (κ2) is 8.95. The molecule has 1 aromatic carbocycles. The van der Waals surface area contributed by atoms with Crippen LogP contribution < -0.4 is 10.2 Å². The van der Waals surface area contributed by atoms with Gasteiger partial charge in [0, 0.05) is 31.4 Å². The SMILES string of the molecule is COC(C)c1nc(CN(C)c2ccc(C(=O)Nc3ccc(C)cc3)cn2)cs1. The average Bonchev–Trinajstić information content (AvgIpc) is 3.17. The molecule has 0 bridgehead atoms. The summed E-state index contributed by atoms with van der Waals surface area (Å²) in [5.41, 5.74) is 3.40. The van der Waals surface area contributed by atoms with Gasteiger partial charge in [-0.1, -0.05) is 17.7 Å². The standard InChI is InChI=1S/C21H24N4O2S/c1-14-5-8-17(9-6-14)23-20(26)16-7-10-19(22-11-16)25(3)12-18-13-28-21(24-18)15(2)27-4/h5-11,13,15H,12H2,1-4H3,(H,23,26). The van der Waals surface area contributed by atoms with Crippen LogP contribution in [0.5, 0.6) is 0 Å². The molecule has 6 nitrogen and oxygen atoms in total. The Morgan fingerprint density at radius 1 is 1.25 bits per heavy atom. The van der Waals surface area contributed by atoms with Crippen molar-refractivity contribution >= 4 is 28.7 Å². The van der Waals surface area contributed by atoms with Crippen LogP contribution in [0.4, 0.5) is 11.5 Å². The minimum Gasteiger partial charge on any atom is -0.375 e. The van der Waals surface area contributed by atoms with Crippen LogP contribution in [-0.2, 0) is 11.3 Å². The van der Waals surface area contributed by atoms with Gasteiger partial charge in [-0.3, -0.25) is 4.79 Å². The van der Waals surface area contributed by atoms with Gasteiger partial charge in [0.2, 0.25) is 0 Å². The number of carbonyl (C=O) groups excluding carboxylic acids is 1. The predicted molar refractivity (Wildman–Crippen MR) is 113 cm³/mol. The molecule has 7 heteroatoms. The molecular formula is C21H24N4O2S. The first kappa shape index (κ1) is 20.0. The van der Waals surface area contributed by atoms with Crippen molar-refractivity contribution in [2.24, 2.45) is 0 Å². The molecule has 0 saturated carbocycles. The lowest BCUT2D eigenvalue weighted by atomic mass is 10.2. The van der Waals surface area contributed by atoms with E-state index in [2.05, 4.69) is 15.3 Å². The van der Waals surface area contributed by atoms with E-state index in [1.54, 1.807) is 30.7 Å². The van der Waals surface area contributed by atoms with E-state index in [0.717, 1.165) is 27.8 Å². The first-order valence-electron chi connectivity index (χ1n) is 8.98. The maximum absolute atomic E-state index is 12.4. The summed E-state index contributed by atoms with van der Waals surface area (Å²) in [4.78, 5) is 23.4. The van der Waals surface area contributed by atoms with Crippen LogP contribution in [0, 0.1) is 6.92 Å². The zero-order chi connectivity index (χ0) is 20.1. The summed E-state index contributed by atoms with van der Waals surface area (Å²) >= 11 is 1.59. The lowest BCUT2D eigenvalue weighted by Gasteiger charge is -2.17. The van der Waals surface area contributed by atoms with Crippen LogP contribution in [0.15, 0.2) is 48.0 Å². The zero-order valence-electron chi connectivity index (χ0n) is 16.5. The van der Waals surface area contributed by atoms with E-state index in [-0.39, 0.29) is 12.0 Å². The van der Waals surface area contributed by atoms with Crippen molar-refractivity contribution in [3.8, 4) is 0 Å². The number of hydrogen-bond acceptors (Lipinski definition) is 6. The molecule has 0 aliphatic carbocycles. The van der Waals surface area contributed by atoms with Crippen LogP contribution in [0.1, 0.15) is 39.7 Å². The van der Waals surface area contributed by atoms with Gasteiger partial charge in [0.25, 0.3) is 5.91 Å². The van der Waals surface area contributed by atoms with E-state index in [4.69, 9.17) is 4.74 Å². The maximum atomic E-state index is 12.4. The Labute approximate surface area is 169 Å². The van der Waals surface area contributed by atoms with Gasteiger partial charge in [-0.15, -0.1) is 11.3 Å². The summed E-state index contributed by atoms with van der Waals surface area (Å²) in [6.45, 7) is 4.62. The lowest BCUT2D eigenvalue weighted by Crippen LogP contribution is -2.19. The number of carbonyl (C=O) groups is 1. The summed E-state index contributed by atoms with van der Waals surface area (Å²) in [6.07, 6.45) is 1.59. The first-order valence-corrected chi connectivity index (χ1v) is 9.86. The molecule has 0 radical (unpaired) electrons. The van der Waals surface area contributed by atoms with E-state index in [1.807, 2.05) is 61.5 Å². The highest BCUT2D eigenvalue weighted by molar-refractivity contribution is 7.09. The molecular weight excluding hydrogens is 372 g/mol. The zero-order valence-corrected chi connectivity index (χ0v) is 17.3. The van der Waals surface area contributed by atoms with E-state index < -0.39 is 0 Å². The van der Waals surface area contributed by atoms with Crippen LogP contribution in [0.3, 0.4) is 0 Å². The second-order valence-corrected chi connectivity index (χ2v) is 7.53. The molecule has 2 aromatic heterocycles. The van der Waals surface area contributed by atoms with Crippen molar-refractivity contribution in [1.29, 1.82) is 0 Å². The third-order valence-electron chi connectivity index (χ3n) is 4.38. The van der Waals surface area contributed by atoms with E-state index >= 15 is 0 Å². The number of thiazole rings is 1. The van der Waals surface area contributed by atoms with E-state index in [9.17, 15) is 4.79 Å². The minimum atomic E-state index is -0.178. The van der Waals surface area contributed by atoms with Crippen molar-refractivity contribution < 1.29 is 9.53 Å². The number of aromatic nitrogens is 2. The molecule has 1 N–H and O–H groups in total. The molecule has 0 aliphatic heterocycles. The molecule has 28 heavy (non-hydrogen) atoms. The van der Waals surface area contributed by atoms with Crippen molar-refractivity contribution in [1.82, 2.24) is 9.97 Å². The van der Waals surface area contributed by atoms with Crippen LogP contribution in [0.2, 0.25) is 0 Å². The molecule has 0 aliphatic rings. The number of methoxy groups -OCH3 is 1. The first-order chi connectivity index (χ1) is 13.5. The number of pyridine rings is 1. The highest BCUT2D eigenvalue weighted by Crippen LogP contribution is 2.22. The molecule has 2 heterocycles. The van der Waals surface area contributed by atoms with Gasteiger partial charge in [0.1, 0.15) is 16.9 Å². The van der Waals surface area contributed by atoms with Crippen molar-refractivity contribution in [3.05, 3.63) is 69.8 Å². The Morgan fingerprint density at radius 3 is 2.64 bits per heavy atom. The fourth-order valence-electron chi connectivity index (χ4n) is 2.59. The highest BCUT2D eigenvalue weighted by Gasteiger charge is 2.12. The molecule has 0 fully saturated rings. The number of aryl methyl sites for hydroxylation is 1. The molecule has 1 atom stereocenters. The summed E-state index contributed by atoms with van der Waals surface area (Å²) in [7, 11) is 3.63. The largest absolute Gasteiger partial charge is 0.375 e. The maximum Gasteiger partial charge on any atom is 0.257 e. The lowest BCUT2D eigenvalue weighted by molar-refractivity contribution is 0.102. The predicted octanol–water partition coefficient (Wildman–Crippen LogP) is 4.44. The number of benzene rings is 1. The highest BCUT2D eigenvalue weighted by atomic mass is 32.1. The quantitative estimate of drug-likeness (QED) is 0.639. The fourth-order valence-corrected chi connectivity index (χ4v) is 3.43. The van der Waals surface area contributed by atoms with Gasteiger partial charge in [-0.25, -0.2) is 9.97 Å². The number of amides is 1. The Hall–Kier alpha value is -2.77. The molecule has 146 valence electrons.